The predicted molar refractivity (Wildman–Crippen MR) is 78.3 cm³/mol. The van der Waals surface area contributed by atoms with Gasteiger partial charge in [-0.05, 0) is 46.0 Å². The van der Waals surface area contributed by atoms with E-state index in [1.165, 1.54) is 6.07 Å². The van der Waals surface area contributed by atoms with Gasteiger partial charge in [0.05, 0.1) is 16.9 Å². The molecule has 0 atom stereocenters. The van der Waals surface area contributed by atoms with E-state index in [4.69, 9.17) is 5.11 Å². The molecule has 0 radical (unpaired) electrons. The largest absolute Gasteiger partial charge is 0.478 e. The highest BCUT2D eigenvalue weighted by Crippen LogP contribution is 2.27. The maximum Gasteiger partial charge on any atom is 0.337 e. The Bertz CT molecular complexity index is 672. The van der Waals surface area contributed by atoms with Gasteiger partial charge < -0.3 is 10.4 Å². The quantitative estimate of drug-likeness (QED) is 0.879. The minimum absolute atomic E-state index is 0.0169. The minimum atomic E-state index is -1.11. The van der Waals surface area contributed by atoms with Gasteiger partial charge in [0.2, 0.25) is 0 Å². The van der Waals surface area contributed by atoms with E-state index in [1.54, 1.807) is 12.1 Å². The molecule has 8 heteroatoms. The van der Waals surface area contributed by atoms with Gasteiger partial charge in [-0.2, -0.15) is 0 Å². The number of carboxylic acid groups (broad SMARTS) is 1. The van der Waals surface area contributed by atoms with Crippen LogP contribution in [-0.2, 0) is 6.42 Å². The molecule has 2 rings (SSSR count). The highest BCUT2D eigenvalue weighted by Gasteiger charge is 2.19. The first-order valence-corrected chi connectivity index (χ1v) is 7.25. The maximum absolute atomic E-state index is 12.2. The Morgan fingerprint density at radius 3 is 2.85 bits per heavy atom. The minimum Gasteiger partial charge on any atom is -0.478 e. The molecule has 1 amide bonds. The number of aromatic nitrogens is 2. The van der Waals surface area contributed by atoms with Crippen LogP contribution < -0.4 is 5.32 Å². The number of aromatic carboxylic acids is 1. The number of anilines is 1. The molecule has 1 aromatic heterocycles. The van der Waals surface area contributed by atoms with Gasteiger partial charge in [-0.1, -0.05) is 17.5 Å². The van der Waals surface area contributed by atoms with Crippen molar-refractivity contribution >= 4 is 45.0 Å². The van der Waals surface area contributed by atoms with Crippen molar-refractivity contribution in [2.75, 3.05) is 5.32 Å². The Balaban J connectivity index is 2.35. The number of para-hydroxylation sites is 1. The van der Waals surface area contributed by atoms with Gasteiger partial charge in [0, 0.05) is 4.47 Å². The van der Waals surface area contributed by atoms with Gasteiger partial charge in [0.25, 0.3) is 5.91 Å². The number of benzene rings is 1. The van der Waals surface area contributed by atoms with E-state index in [2.05, 4.69) is 30.8 Å². The first kappa shape index (κ1) is 14.6. The highest BCUT2D eigenvalue weighted by molar-refractivity contribution is 9.10. The molecule has 1 aromatic carbocycles. The molecule has 1 heterocycles. The SMILES string of the molecule is CCc1nnsc1C(=O)Nc1c(Br)cccc1C(=O)O. The van der Waals surface area contributed by atoms with Gasteiger partial charge >= 0.3 is 5.97 Å². The number of carbonyl (C=O) groups excluding carboxylic acids is 1. The Labute approximate surface area is 127 Å². The monoisotopic (exact) mass is 355 g/mol. The molecule has 0 saturated heterocycles. The molecule has 0 aliphatic carbocycles. The molecule has 0 spiro atoms. The third-order valence-corrected chi connectivity index (χ3v) is 4.01. The number of hydrogen-bond donors (Lipinski definition) is 2. The molecule has 0 saturated carbocycles. The fourth-order valence-electron chi connectivity index (χ4n) is 1.61. The van der Waals surface area contributed by atoms with Crippen LogP contribution in [0.25, 0.3) is 0 Å². The van der Waals surface area contributed by atoms with Gasteiger partial charge in [-0.15, -0.1) is 5.10 Å². The molecular formula is C12H10BrN3O3S. The van der Waals surface area contributed by atoms with Crippen LogP contribution in [0.3, 0.4) is 0 Å². The summed E-state index contributed by atoms with van der Waals surface area (Å²) < 4.78 is 4.24. The zero-order valence-corrected chi connectivity index (χ0v) is 12.8. The van der Waals surface area contributed by atoms with Gasteiger partial charge in [-0.3, -0.25) is 4.79 Å². The number of hydrogen-bond acceptors (Lipinski definition) is 5. The molecule has 0 aliphatic rings. The van der Waals surface area contributed by atoms with Crippen molar-refractivity contribution in [2.24, 2.45) is 0 Å². The van der Waals surface area contributed by atoms with Crippen LogP contribution in [0.15, 0.2) is 22.7 Å². The van der Waals surface area contributed by atoms with Crippen LogP contribution in [0.4, 0.5) is 5.69 Å². The fraction of sp³-hybridized carbons (Fsp3) is 0.167. The van der Waals surface area contributed by atoms with Gasteiger partial charge in [0.1, 0.15) is 4.88 Å². The van der Waals surface area contributed by atoms with E-state index in [1.807, 2.05) is 6.92 Å². The zero-order chi connectivity index (χ0) is 14.7. The second-order valence-corrected chi connectivity index (χ2v) is 5.43. The summed E-state index contributed by atoms with van der Waals surface area (Å²) in [5.41, 5.74) is 0.833. The molecule has 2 N–H and O–H groups in total. The third kappa shape index (κ3) is 2.86. The van der Waals surface area contributed by atoms with E-state index in [0.29, 0.717) is 21.5 Å². The lowest BCUT2D eigenvalue weighted by Crippen LogP contribution is -2.15. The summed E-state index contributed by atoms with van der Waals surface area (Å²) in [5, 5.41) is 15.6. The fourth-order valence-corrected chi connectivity index (χ4v) is 2.72. The van der Waals surface area contributed by atoms with Crippen molar-refractivity contribution in [3.05, 3.63) is 38.8 Å². The molecule has 104 valence electrons. The second kappa shape index (κ2) is 6.10. The number of rotatable bonds is 4. The van der Waals surface area contributed by atoms with Crippen molar-refractivity contribution in [1.29, 1.82) is 0 Å². The molecule has 20 heavy (non-hydrogen) atoms. The van der Waals surface area contributed by atoms with Crippen molar-refractivity contribution in [3.8, 4) is 0 Å². The van der Waals surface area contributed by atoms with Crippen LogP contribution in [0, 0.1) is 0 Å². The standard InChI is InChI=1S/C12H10BrN3O3S/c1-2-8-10(20-16-15-8)11(17)14-9-6(12(18)19)4-3-5-7(9)13/h3-5H,2H2,1H3,(H,14,17)(H,18,19). The van der Waals surface area contributed by atoms with Gasteiger partial charge in [0.15, 0.2) is 0 Å². The van der Waals surface area contributed by atoms with Crippen LogP contribution in [-0.4, -0.2) is 26.6 Å². The first-order chi connectivity index (χ1) is 9.54. The van der Waals surface area contributed by atoms with E-state index < -0.39 is 11.9 Å². The van der Waals surface area contributed by atoms with E-state index >= 15 is 0 Å². The number of carboxylic acids is 1. The summed E-state index contributed by atoms with van der Waals surface area (Å²) in [5.74, 6) is -1.52. The van der Waals surface area contributed by atoms with Crippen LogP contribution in [0.2, 0.25) is 0 Å². The average molecular weight is 356 g/mol. The Morgan fingerprint density at radius 1 is 1.45 bits per heavy atom. The Kier molecular flexibility index (Phi) is 4.46. The number of carbonyl (C=O) groups is 2. The van der Waals surface area contributed by atoms with E-state index in [-0.39, 0.29) is 11.3 Å². The van der Waals surface area contributed by atoms with Crippen molar-refractivity contribution in [1.82, 2.24) is 9.59 Å². The van der Waals surface area contributed by atoms with Gasteiger partial charge in [-0.25, -0.2) is 4.79 Å². The number of nitrogens with one attached hydrogen (secondary N) is 1. The van der Waals surface area contributed by atoms with Crippen LogP contribution >= 0.6 is 27.5 Å². The molecule has 2 aromatic rings. The highest BCUT2D eigenvalue weighted by atomic mass is 79.9. The normalized spacial score (nSPS) is 10.3. The van der Waals surface area contributed by atoms with Crippen molar-refractivity contribution in [2.45, 2.75) is 13.3 Å². The smallest absolute Gasteiger partial charge is 0.337 e. The summed E-state index contributed by atoms with van der Waals surface area (Å²) in [4.78, 5) is 23.7. The van der Waals surface area contributed by atoms with Crippen molar-refractivity contribution < 1.29 is 14.7 Å². The maximum atomic E-state index is 12.2. The van der Waals surface area contributed by atoms with Crippen molar-refractivity contribution in [3.63, 3.8) is 0 Å². The number of halogens is 1. The van der Waals surface area contributed by atoms with E-state index in [9.17, 15) is 9.59 Å². The second-order valence-electron chi connectivity index (χ2n) is 3.82. The summed E-state index contributed by atoms with van der Waals surface area (Å²) in [6.07, 6.45) is 0.584. The summed E-state index contributed by atoms with van der Waals surface area (Å²) >= 11 is 4.22. The number of aryl methyl sites for hydroxylation is 1. The lowest BCUT2D eigenvalue weighted by Gasteiger charge is -2.09. The number of amides is 1. The lowest BCUT2D eigenvalue weighted by molar-refractivity contribution is 0.0698. The average Bonchev–Trinajstić information content (AvgIpc) is 2.89. The van der Waals surface area contributed by atoms with Crippen LogP contribution in [0.5, 0.6) is 0 Å². The van der Waals surface area contributed by atoms with E-state index in [0.717, 1.165) is 11.5 Å². The number of nitrogens with zero attached hydrogens (tertiary/aromatic N) is 2. The summed E-state index contributed by atoms with van der Waals surface area (Å²) in [7, 11) is 0. The molecule has 0 fully saturated rings. The zero-order valence-electron chi connectivity index (χ0n) is 10.4. The summed E-state index contributed by atoms with van der Waals surface area (Å²) in [6, 6.07) is 4.68. The third-order valence-electron chi connectivity index (χ3n) is 2.58. The molecule has 0 unspecified atom stereocenters. The Hall–Kier alpha value is -1.80. The first-order valence-electron chi connectivity index (χ1n) is 5.69. The molecule has 0 bridgehead atoms. The Morgan fingerprint density at radius 2 is 2.20 bits per heavy atom. The topological polar surface area (TPSA) is 92.2 Å². The predicted octanol–water partition coefficient (Wildman–Crippen LogP) is 2.81. The molecule has 6 nitrogen and oxygen atoms in total. The lowest BCUT2D eigenvalue weighted by atomic mass is 10.1. The van der Waals surface area contributed by atoms with Crippen LogP contribution in [0.1, 0.15) is 32.6 Å². The summed E-state index contributed by atoms with van der Waals surface area (Å²) in [6.45, 7) is 1.87. The molecule has 0 aliphatic heterocycles. The molecular weight excluding hydrogens is 346 g/mol.